The molecule has 32 heavy (non-hydrogen) atoms. The van der Waals surface area contributed by atoms with Gasteiger partial charge < -0.3 is 5.11 Å². The molecule has 3 aromatic rings. The average molecular weight is 450 g/mol. The van der Waals surface area contributed by atoms with Gasteiger partial charge in [-0.25, -0.2) is 0 Å². The Morgan fingerprint density at radius 1 is 1.16 bits per heavy atom. The van der Waals surface area contributed by atoms with Gasteiger partial charge in [0.2, 0.25) is 0 Å². The summed E-state index contributed by atoms with van der Waals surface area (Å²) in [5.74, 6) is -2.25. The number of nitro benzene ring substituents is 1. The van der Waals surface area contributed by atoms with E-state index in [1.165, 1.54) is 29.3 Å². The summed E-state index contributed by atoms with van der Waals surface area (Å²) in [6.07, 6.45) is 3.04. The van der Waals surface area contributed by atoms with Crippen molar-refractivity contribution < 1.29 is 19.6 Å². The van der Waals surface area contributed by atoms with Crippen LogP contribution < -0.4 is 4.90 Å². The number of amides is 1. The maximum Gasteiger partial charge on any atom is 0.300 e. The zero-order valence-corrected chi connectivity index (χ0v) is 17.5. The van der Waals surface area contributed by atoms with E-state index in [1.807, 2.05) is 0 Å². The van der Waals surface area contributed by atoms with Gasteiger partial charge in [0.15, 0.2) is 0 Å². The lowest BCUT2D eigenvalue weighted by Gasteiger charge is -2.26. The molecule has 0 bridgehead atoms. The number of aliphatic hydroxyl groups is 1. The van der Waals surface area contributed by atoms with Crippen molar-refractivity contribution >= 4 is 40.4 Å². The maximum absolute atomic E-state index is 13.1. The number of aliphatic hydroxyl groups excluding tert-OH is 1. The van der Waals surface area contributed by atoms with Gasteiger partial charge in [0, 0.05) is 40.8 Å². The monoisotopic (exact) mass is 449 g/mol. The van der Waals surface area contributed by atoms with E-state index in [-0.39, 0.29) is 16.8 Å². The number of carbonyl (C=O) groups is 2. The van der Waals surface area contributed by atoms with Crippen molar-refractivity contribution in [2.75, 3.05) is 4.90 Å². The molecule has 160 valence electrons. The first-order chi connectivity index (χ1) is 15.3. The highest BCUT2D eigenvalue weighted by molar-refractivity contribution is 6.51. The molecule has 1 aromatic heterocycles. The molecule has 2 heterocycles. The van der Waals surface area contributed by atoms with E-state index in [9.17, 15) is 24.8 Å². The number of nitrogens with zero attached hydrogens (tertiary/aromatic N) is 3. The Hall–Kier alpha value is -4.04. The lowest BCUT2D eigenvalue weighted by molar-refractivity contribution is -0.384. The van der Waals surface area contributed by atoms with Crippen molar-refractivity contribution in [3.63, 3.8) is 0 Å². The summed E-state index contributed by atoms with van der Waals surface area (Å²) in [5, 5.41) is 22.7. The Labute approximate surface area is 187 Å². The molecule has 1 amide bonds. The highest BCUT2D eigenvalue weighted by atomic mass is 35.5. The third-order valence-electron chi connectivity index (χ3n) is 5.19. The fourth-order valence-corrected chi connectivity index (χ4v) is 3.97. The molecule has 8 nitrogen and oxygen atoms in total. The summed E-state index contributed by atoms with van der Waals surface area (Å²) in [4.78, 5) is 42.1. The van der Waals surface area contributed by atoms with Gasteiger partial charge in [-0.2, -0.15) is 0 Å². The van der Waals surface area contributed by atoms with E-state index < -0.39 is 28.4 Å². The van der Waals surface area contributed by atoms with E-state index in [0.717, 1.165) is 6.07 Å². The molecule has 1 aliphatic rings. The predicted molar refractivity (Wildman–Crippen MR) is 118 cm³/mol. The molecular formula is C23H16ClN3O5. The van der Waals surface area contributed by atoms with Gasteiger partial charge in [0.05, 0.1) is 16.5 Å². The number of hydrogen-bond donors (Lipinski definition) is 1. The van der Waals surface area contributed by atoms with Gasteiger partial charge in [0.25, 0.3) is 17.4 Å². The molecular weight excluding hydrogens is 434 g/mol. The maximum atomic E-state index is 13.1. The van der Waals surface area contributed by atoms with Crippen LogP contribution in [0.25, 0.3) is 5.76 Å². The third kappa shape index (κ3) is 3.61. The van der Waals surface area contributed by atoms with Gasteiger partial charge in [-0.15, -0.1) is 0 Å². The van der Waals surface area contributed by atoms with Crippen LogP contribution in [0.1, 0.15) is 22.7 Å². The fraction of sp³-hybridized carbons (Fsp3) is 0.0870. The Kier molecular flexibility index (Phi) is 5.46. The standard InChI is InChI=1S/C23H16ClN3O5/c1-13-10-16(24)7-8-18(13)26-20(15-5-3-9-25-12-15)19(22(29)23(26)30)21(28)14-4-2-6-17(11-14)27(31)32/h2-12,20,28H,1H3/b21-19-. The summed E-state index contributed by atoms with van der Waals surface area (Å²) >= 11 is 6.06. The highest BCUT2D eigenvalue weighted by Crippen LogP contribution is 2.43. The number of hydrogen-bond acceptors (Lipinski definition) is 6. The zero-order valence-electron chi connectivity index (χ0n) is 16.7. The first-order valence-corrected chi connectivity index (χ1v) is 9.89. The van der Waals surface area contributed by atoms with Gasteiger partial charge in [0.1, 0.15) is 5.76 Å². The second-order valence-corrected chi connectivity index (χ2v) is 7.63. The molecule has 1 fully saturated rings. The van der Waals surface area contributed by atoms with Crippen LogP contribution in [0.4, 0.5) is 11.4 Å². The summed E-state index contributed by atoms with van der Waals surface area (Å²) in [7, 11) is 0. The smallest absolute Gasteiger partial charge is 0.300 e. The molecule has 0 aliphatic carbocycles. The topological polar surface area (TPSA) is 114 Å². The van der Waals surface area contributed by atoms with Crippen molar-refractivity contribution in [3.05, 3.63) is 104 Å². The second-order valence-electron chi connectivity index (χ2n) is 7.19. The van der Waals surface area contributed by atoms with Crippen molar-refractivity contribution in [2.45, 2.75) is 13.0 Å². The summed E-state index contributed by atoms with van der Waals surface area (Å²) in [6.45, 7) is 1.75. The molecule has 1 N–H and O–H groups in total. The molecule has 0 saturated carbocycles. The van der Waals surface area contributed by atoms with Crippen molar-refractivity contribution in [1.82, 2.24) is 4.98 Å². The second kappa shape index (κ2) is 8.24. The lowest BCUT2D eigenvalue weighted by atomic mass is 9.96. The number of nitro groups is 1. The van der Waals surface area contributed by atoms with Crippen LogP contribution in [0.3, 0.4) is 0 Å². The quantitative estimate of drug-likeness (QED) is 0.205. The number of Topliss-reactive ketones (excluding diaryl/α,β-unsaturated/α-hetero) is 1. The third-order valence-corrected chi connectivity index (χ3v) is 5.43. The first kappa shape index (κ1) is 21.2. The van der Waals surface area contributed by atoms with Crippen molar-refractivity contribution in [2.24, 2.45) is 0 Å². The number of non-ortho nitro benzene ring substituents is 1. The zero-order chi connectivity index (χ0) is 23.0. The van der Waals surface area contributed by atoms with E-state index >= 15 is 0 Å². The number of anilines is 1. The van der Waals surface area contributed by atoms with Crippen LogP contribution in [-0.4, -0.2) is 26.7 Å². The molecule has 9 heteroatoms. The number of benzene rings is 2. The number of aromatic nitrogens is 1. The number of pyridine rings is 1. The van der Waals surface area contributed by atoms with Crippen LogP contribution >= 0.6 is 11.6 Å². The molecule has 2 aromatic carbocycles. The number of carbonyl (C=O) groups excluding carboxylic acids is 2. The normalized spacial score (nSPS) is 17.6. The summed E-state index contributed by atoms with van der Waals surface area (Å²) in [5.41, 5.74) is 1.21. The van der Waals surface area contributed by atoms with Gasteiger partial charge in [-0.05, 0) is 42.3 Å². The van der Waals surface area contributed by atoms with Crippen LogP contribution in [-0.2, 0) is 9.59 Å². The number of aryl methyl sites for hydroxylation is 1. The Morgan fingerprint density at radius 2 is 1.94 bits per heavy atom. The Bertz CT molecular complexity index is 1290. The summed E-state index contributed by atoms with van der Waals surface area (Å²) < 4.78 is 0. The first-order valence-electron chi connectivity index (χ1n) is 9.51. The molecule has 1 atom stereocenters. The predicted octanol–water partition coefficient (Wildman–Crippen LogP) is 4.58. The van der Waals surface area contributed by atoms with Gasteiger partial charge >= 0.3 is 0 Å². The summed E-state index contributed by atoms with van der Waals surface area (Å²) in [6, 6.07) is 12.5. The molecule has 1 saturated heterocycles. The average Bonchev–Trinajstić information content (AvgIpc) is 3.04. The van der Waals surface area contributed by atoms with E-state index in [2.05, 4.69) is 4.98 Å². The number of rotatable bonds is 4. The lowest BCUT2D eigenvalue weighted by Crippen LogP contribution is -2.30. The highest BCUT2D eigenvalue weighted by Gasteiger charge is 2.47. The van der Waals surface area contributed by atoms with E-state index in [1.54, 1.807) is 43.5 Å². The SMILES string of the molecule is Cc1cc(Cl)ccc1N1C(=O)C(=O)/C(=C(\O)c2cccc([N+](=O)[O-])c2)C1c1cccnc1. The molecule has 4 rings (SSSR count). The minimum absolute atomic E-state index is 0.0546. The minimum atomic E-state index is -0.983. The van der Waals surface area contributed by atoms with Crippen LogP contribution in [0.5, 0.6) is 0 Å². The largest absolute Gasteiger partial charge is 0.507 e. The van der Waals surface area contributed by atoms with E-state index in [4.69, 9.17) is 11.6 Å². The number of halogens is 1. The number of ketones is 1. The van der Waals surface area contributed by atoms with Crippen LogP contribution in [0.15, 0.2) is 72.6 Å². The van der Waals surface area contributed by atoms with E-state index in [0.29, 0.717) is 21.8 Å². The van der Waals surface area contributed by atoms with Gasteiger partial charge in [-0.1, -0.05) is 29.8 Å². The molecule has 1 unspecified atom stereocenters. The Morgan fingerprint density at radius 3 is 2.59 bits per heavy atom. The van der Waals surface area contributed by atoms with Crippen LogP contribution in [0.2, 0.25) is 5.02 Å². The van der Waals surface area contributed by atoms with Gasteiger partial charge in [-0.3, -0.25) is 29.6 Å². The molecule has 1 aliphatic heterocycles. The Balaban J connectivity index is 1.96. The molecule has 0 radical (unpaired) electrons. The van der Waals surface area contributed by atoms with Crippen LogP contribution in [0, 0.1) is 17.0 Å². The fourth-order valence-electron chi connectivity index (χ4n) is 3.75. The van der Waals surface area contributed by atoms with Crippen molar-refractivity contribution in [3.8, 4) is 0 Å². The van der Waals surface area contributed by atoms with Crippen molar-refractivity contribution in [1.29, 1.82) is 0 Å². The minimum Gasteiger partial charge on any atom is -0.507 e. The molecule has 0 spiro atoms.